The Morgan fingerprint density at radius 3 is 2.71 bits per heavy atom. The van der Waals surface area contributed by atoms with Crippen LogP contribution in [0, 0.1) is 24.1 Å². The molecule has 0 saturated carbocycles. The minimum Gasteiger partial charge on any atom is -0.458 e. The Morgan fingerprint density at radius 1 is 1.31 bits per heavy atom. The van der Waals surface area contributed by atoms with Crippen molar-refractivity contribution in [2.45, 2.75) is 19.8 Å². The zero-order valence-corrected chi connectivity index (χ0v) is 20.7. The van der Waals surface area contributed by atoms with Gasteiger partial charge in [-0.15, -0.1) is 0 Å². The van der Waals surface area contributed by atoms with Gasteiger partial charge >= 0.3 is 5.97 Å². The van der Waals surface area contributed by atoms with E-state index >= 15 is 0 Å². The number of rotatable bonds is 8. The zero-order valence-electron chi connectivity index (χ0n) is 19.2. The van der Waals surface area contributed by atoms with Gasteiger partial charge < -0.3 is 15.4 Å². The van der Waals surface area contributed by atoms with Crippen molar-refractivity contribution in [2.75, 3.05) is 17.7 Å². The third kappa shape index (κ3) is 6.13. The maximum atomic E-state index is 14.8. The number of amides is 1. The summed E-state index contributed by atoms with van der Waals surface area (Å²) in [6.45, 7) is 7.00. The summed E-state index contributed by atoms with van der Waals surface area (Å²) in [5.74, 6) is -2.60. The number of nitriles is 1. The fourth-order valence-corrected chi connectivity index (χ4v) is 4.61. The van der Waals surface area contributed by atoms with Gasteiger partial charge in [0.15, 0.2) is 0 Å². The number of hydrogen-bond acceptors (Lipinski definition) is 6. The van der Waals surface area contributed by atoms with Gasteiger partial charge in [-0.1, -0.05) is 60.3 Å². The number of nitrogens with zero attached hydrogens (tertiary/aromatic N) is 1. The van der Waals surface area contributed by atoms with Crippen LogP contribution >= 0.6 is 23.4 Å². The number of anilines is 1. The molecule has 6 nitrogen and oxygen atoms in total. The molecule has 9 heteroatoms. The lowest BCUT2D eigenvalue weighted by atomic mass is 9.82. The largest absolute Gasteiger partial charge is 0.458 e. The van der Waals surface area contributed by atoms with E-state index in [1.54, 1.807) is 31.2 Å². The minimum absolute atomic E-state index is 0.0317. The first-order valence-electron chi connectivity index (χ1n) is 10.6. The predicted octanol–water partition coefficient (Wildman–Crippen LogP) is 5.58. The summed E-state index contributed by atoms with van der Waals surface area (Å²) in [4.78, 5) is 25.4. The van der Waals surface area contributed by atoms with Gasteiger partial charge in [-0.25, -0.2) is 9.18 Å². The lowest BCUT2D eigenvalue weighted by molar-refractivity contribution is -0.138. The Bertz CT molecular complexity index is 1280. The number of benzene rings is 2. The summed E-state index contributed by atoms with van der Waals surface area (Å²) in [5, 5.41) is 16.7. The lowest BCUT2D eigenvalue weighted by Crippen LogP contribution is -2.30. The number of carbonyl (C=O) groups is 2. The highest BCUT2D eigenvalue weighted by Crippen LogP contribution is 2.41. The number of nitrogens with one attached hydrogen (secondary N) is 2. The smallest absolute Gasteiger partial charge is 0.337 e. The summed E-state index contributed by atoms with van der Waals surface area (Å²) in [6, 6.07) is 13.2. The van der Waals surface area contributed by atoms with Gasteiger partial charge in [0, 0.05) is 22.0 Å². The van der Waals surface area contributed by atoms with Crippen molar-refractivity contribution in [2.24, 2.45) is 0 Å². The van der Waals surface area contributed by atoms with Gasteiger partial charge in [-0.2, -0.15) is 5.26 Å². The standard InChI is InChI=1S/C26H23ClFN3O3S/c1-4-11-34-26(33)23-16(3)30-25(19(13-29)24(23)18-7-5-6-8-21(18)28)35-14-22(32)31-17-10-9-15(2)20(27)12-17/h4-10,12,24,30H,1,11,14H2,2-3H3,(H,31,32)/t24-/m1/s1. The molecule has 0 aromatic heterocycles. The molecule has 0 saturated heterocycles. The molecule has 1 amide bonds. The third-order valence-electron chi connectivity index (χ3n) is 5.22. The average Bonchev–Trinajstić information content (AvgIpc) is 2.83. The highest BCUT2D eigenvalue weighted by Gasteiger charge is 2.37. The number of hydrogen-bond donors (Lipinski definition) is 2. The van der Waals surface area contributed by atoms with Crippen LogP contribution in [0.15, 0.2) is 77.0 Å². The molecule has 2 N–H and O–H groups in total. The van der Waals surface area contributed by atoms with E-state index in [0.717, 1.165) is 17.3 Å². The highest BCUT2D eigenvalue weighted by molar-refractivity contribution is 8.03. The summed E-state index contributed by atoms with van der Waals surface area (Å²) < 4.78 is 20.0. The monoisotopic (exact) mass is 511 g/mol. The van der Waals surface area contributed by atoms with E-state index in [-0.39, 0.29) is 35.0 Å². The summed E-state index contributed by atoms with van der Waals surface area (Å²) in [7, 11) is 0. The number of thioether (sulfide) groups is 1. The van der Waals surface area contributed by atoms with Crippen molar-refractivity contribution in [3.05, 3.63) is 99.0 Å². The van der Waals surface area contributed by atoms with Crippen molar-refractivity contribution in [3.8, 4) is 6.07 Å². The van der Waals surface area contributed by atoms with Crippen LogP contribution in [0.25, 0.3) is 0 Å². The maximum Gasteiger partial charge on any atom is 0.337 e. The zero-order chi connectivity index (χ0) is 25.5. The molecule has 0 unspecified atom stereocenters. The number of allylic oxidation sites excluding steroid dienone is 2. The van der Waals surface area contributed by atoms with E-state index in [2.05, 4.69) is 23.3 Å². The predicted molar refractivity (Wildman–Crippen MR) is 136 cm³/mol. The fourth-order valence-electron chi connectivity index (χ4n) is 3.53. The molecule has 1 aliphatic rings. The summed E-state index contributed by atoms with van der Waals surface area (Å²) in [6.07, 6.45) is 1.42. The van der Waals surface area contributed by atoms with Crippen molar-refractivity contribution < 1.29 is 18.7 Å². The average molecular weight is 512 g/mol. The molecule has 2 aromatic rings. The molecule has 0 aliphatic carbocycles. The molecule has 1 atom stereocenters. The van der Waals surface area contributed by atoms with E-state index in [1.807, 2.05) is 6.92 Å². The Balaban J connectivity index is 1.90. The normalized spacial score (nSPS) is 15.2. The molecular weight excluding hydrogens is 489 g/mol. The minimum atomic E-state index is -0.999. The van der Waals surface area contributed by atoms with Crippen molar-refractivity contribution in [3.63, 3.8) is 0 Å². The van der Waals surface area contributed by atoms with Crippen LogP contribution < -0.4 is 10.6 Å². The molecule has 0 radical (unpaired) electrons. The van der Waals surface area contributed by atoms with Gasteiger partial charge in [-0.05, 0) is 37.6 Å². The van der Waals surface area contributed by atoms with Crippen molar-refractivity contribution in [1.29, 1.82) is 5.26 Å². The summed E-state index contributed by atoms with van der Waals surface area (Å²) in [5.41, 5.74) is 2.23. The molecule has 0 bridgehead atoms. The Morgan fingerprint density at radius 2 is 2.06 bits per heavy atom. The van der Waals surface area contributed by atoms with E-state index in [0.29, 0.717) is 21.4 Å². The molecule has 1 heterocycles. The molecular formula is C26H23ClFN3O3S. The van der Waals surface area contributed by atoms with E-state index in [1.165, 1.54) is 24.3 Å². The van der Waals surface area contributed by atoms with Gasteiger partial charge in [0.05, 0.1) is 33.9 Å². The van der Waals surface area contributed by atoms with Crippen LogP contribution in [0.2, 0.25) is 5.02 Å². The maximum absolute atomic E-state index is 14.8. The van der Waals surface area contributed by atoms with Crippen molar-refractivity contribution >= 4 is 40.9 Å². The first-order valence-corrected chi connectivity index (χ1v) is 12.0. The number of esters is 1. The van der Waals surface area contributed by atoms with Gasteiger partial charge in [0.1, 0.15) is 12.4 Å². The summed E-state index contributed by atoms with van der Waals surface area (Å²) >= 11 is 7.20. The first kappa shape index (κ1) is 26.1. The highest BCUT2D eigenvalue weighted by atomic mass is 35.5. The lowest BCUT2D eigenvalue weighted by Gasteiger charge is -2.29. The topological polar surface area (TPSA) is 91.2 Å². The second-order valence-corrected chi connectivity index (χ2v) is 9.05. The molecule has 180 valence electrons. The molecule has 2 aromatic carbocycles. The second kappa shape index (κ2) is 11.7. The van der Waals surface area contributed by atoms with Gasteiger partial charge in [0.25, 0.3) is 0 Å². The first-order chi connectivity index (χ1) is 16.8. The third-order valence-corrected chi connectivity index (χ3v) is 6.64. The van der Waals surface area contributed by atoms with E-state index in [9.17, 15) is 19.2 Å². The fraction of sp³-hybridized carbons (Fsp3) is 0.192. The molecule has 0 fully saturated rings. The Labute approximate surface area is 212 Å². The molecule has 3 rings (SSSR count). The van der Waals surface area contributed by atoms with Crippen LogP contribution in [-0.2, 0) is 14.3 Å². The number of halogens is 2. The molecule has 1 aliphatic heterocycles. The molecule has 0 spiro atoms. The van der Waals surface area contributed by atoms with E-state index < -0.39 is 17.7 Å². The second-order valence-electron chi connectivity index (χ2n) is 7.66. The van der Waals surface area contributed by atoms with Crippen LogP contribution in [0.5, 0.6) is 0 Å². The van der Waals surface area contributed by atoms with Gasteiger partial charge in [0.2, 0.25) is 5.91 Å². The number of ether oxygens (including phenoxy) is 1. The number of dihydropyridines is 1. The van der Waals surface area contributed by atoms with Gasteiger partial charge in [-0.3, -0.25) is 4.79 Å². The van der Waals surface area contributed by atoms with Crippen molar-refractivity contribution in [1.82, 2.24) is 5.32 Å². The number of carbonyl (C=O) groups excluding carboxylic acids is 2. The SMILES string of the molecule is C=CCOC(=O)C1=C(C)NC(SCC(=O)Nc2ccc(C)c(Cl)c2)=C(C#N)[C@H]1c1ccccc1F. The van der Waals surface area contributed by atoms with Crippen LogP contribution in [0.4, 0.5) is 10.1 Å². The van der Waals surface area contributed by atoms with Crippen LogP contribution in [0.3, 0.4) is 0 Å². The van der Waals surface area contributed by atoms with E-state index in [4.69, 9.17) is 16.3 Å². The molecule has 35 heavy (non-hydrogen) atoms. The number of aryl methyl sites for hydroxylation is 1. The quantitative estimate of drug-likeness (QED) is 0.355. The Hall–Kier alpha value is -3.54. The Kier molecular flexibility index (Phi) is 8.74. The van der Waals surface area contributed by atoms with Crippen LogP contribution in [0.1, 0.15) is 24.0 Å². The van der Waals surface area contributed by atoms with Crippen LogP contribution in [-0.4, -0.2) is 24.2 Å².